The number of hydrogen-bond acceptors (Lipinski definition) is 7. The highest BCUT2D eigenvalue weighted by Gasteiger charge is 2.51. The zero-order chi connectivity index (χ0) is 93.6. The maximum absolute atomic E-state index is 5.10. The van der Waals surface area contributed by atoms with Crippen molar-refractivity contribution < 1.29 is 0 Å². The van der Waals surface area contributed by atoms with Crippen LogP contribution in [0.4, 0.5) is 0 Å². The minimum Gasteiger partial charge on any atom is -0.228 e. The van der Waals surface area contributed by atoms with Crippen LogP contribution in [0, 0.1) is 0 Å². The third kappa shape index (κ3) is 14.6. The fourth-order valence-electron chi connectivity index (χ4n) is 22.3. The second-order valence-electron chi connectivity index (χ2n) is 36.3. The van der Waals surface area contributed by atoms with E-state index < -0.39 is 16.2 Å². The van der Waals surface area contributed by atoms with Crippen molar-refractivity contribution in [2.45, 2.75) is 16.2 Å². The molecule has 21 aromatic carbocycles. The van der Waals surface area contributed by atoms with E-state index in [1.165, 1.54) is 132 Å². The molecule has 3 aromatic heterocycles. The fourth-order valence-corrected chi connectivity index (χ4v) is 22.3. The van der Waals surface area contributed by atoms with Crippen molar-refractivity contribution in [3.8, 4) is 135 Å². The lowest BCUT2D eigenvalue weighted by atomic mass is 9.66. The maximum atomic E-state index is 5.10. The Bertz CT molecular complexity index is 7790. The van der Waals surface area contributed by atoms with Crippen molar-refractivity contribution in [1.29, 1.82) is 0 Å². The molecule has 24 aromatic rings. The zero-order valence-electron chi connectivity index (χ0n) is 77.0. The van der Waals surface area contributed by atoms with E-state index in [1.54, 1.807) is 0 Å². The predicted molar refractivity (Wildman–Crippen MR) is 577 cm³/mol. The number of aromatic nitrogens is 7. The van der Waals surface area contributed by atoms with Gasteiger partial charge in [0, 0.05) is 50.1 Å². The minimum absolute atomic E-state index is 0.483. The van der Waals surface area contributed by atoms with Crippen molar-refractivity contribution in [2.24, 2.45) is 0 Å². The molecule has 7 nitrogen and oxygen atoms in total. The minimum atomic E-state index is -0.504. The van der Waals surface area contributed by atoms with Gasteiger partial charge in [-0.05, 0) is 145 Å². The molecule has 3 aliphatic carbocycles. The van der Waals surface area contributed by atoms with Crippen molar-refractivity contribution >= 4 is 32.3 Å². The van der Waals surface area contributed by atoms with Crippen LogP contribution in [0.1, 0.15) is 66.8 Å². The highest BCUT2D eigenvalue weighted by Crippen LogP contribution is 2.62. The Morgan fingerprint density at radius 1 is 0.128 bits per heavy atom. The first kappa shape index (κ1) is 84.3. The summed E-state index contributed by atoms with van der Waals surface area (Å²) >= 11 is 0. The Morgan fingerprint density at radius 2 is 0.319 bits per heavy atom. The van der Waals surface area contributed by atoms with Crippen LogP contribution in [0.2, 0.25) is 0 Å². The summed E-state index contributed by atoms with van der Waals surface area (Å²) in [5.74, 6) is 3.39. The highest BCUT2D eigenvalue weighted by atomic mass is 15.0. The molecule has 660 valence electrons. The van der Waals surface area contributed by atoms with Gasteiger partial charge in [0.1, 0.15) is 0 Å². The standard InChI is InChI=1S/2C45H30N2.C44H29N3/c1-4-15-32(16-5-1)41-30-42(47-44(46-41)34-17-6-2-7-18-34)33-24-27-36(28-25-33)45(35-19-8-3-9-20-35)40-23-13-12-22-38(40)39-29-26-31-14-10-11-21-37(31)43(39)45;1-4-15-32(16-5-1)41-30-42(33-17-6-2-7-18-33)47-44(46-41)34-24-27-36(28-25-34)45(35-19-8-3-9-20-35)40-23-13-12-22-38(40)39-29-26-31-14-10-11-21-37(31)43(39)45;1-4-15-31(16-5-1)41-45-42(32-17-6-2-7-18-32)47-43(46-41)33-24-27-35(28-25-33)44(34-19-8-3-9-20-34)39-23-13-12-22-37(39)38-29-26-30-14-10-11-21-36(30)40(38)44/h2*1-30H;1-29H. The molecule has 0 radical (unpaired) electrons. The summed E-state index contributed by atoms with van der Waals surface area (Å²) < 4.78 is 0. The third-order valence-corrected chi connectivity index (χ3v) is 28.6. The maximum Gasteiger partial charge on any atom is 0.164 e. The smallest absolute Gasteiger partial charge is 0.164 e. The summed E-state index contributed by atoms with van der Waals surface area (Å²) in [4.78, 5) is 35.2. The van der Waals surface area contributed by atoms with Crippen LogP contribution in [-0.2, 0) is 16.2 Å². The van der Waals surface area contributed by atoms with Crippen LogP contribution in [0.15, 0.2) is 540 Å². The van der Waals surface area contributed by atoms with Crippen molar-refractivity contribution in [3.05, 3.63) is 607 Å². The fraction of sp³-hybridized carbons (Fsp3) is 0.0224. The SMILES string of the molecule is c1ccc(-c2cc(-c3ccc(C4(c5ccccc5)c5ccccc5-c5ccc6ccccc6c54)cc3)nc(-c3ccccc3)n2)cc1.c1ccc(-c2cc(-c3ccccc3)nc(-c3ccc(C4(c5ccccc5)c5ccccc5-c5ccc6ccccc6c54)cc3)n2)cc1.c1ccc(-c2nc(-c3ccccc3)nc(-c3ccc(C4(c5ccccc5)c5ccccc5-c5ccc6ccccc6c54)cc3)n2)cc1. The molecule has 141 heavy (non-hydrogen) atoms. The zero-order valence-corrected chi connectivity index (χ0v) is 77.0. The van der Waals surface area contributed by atoms with E-state index in [-0.39, 0.29) is 0 Å². The largest absolute Gasteiger partial charge is 0.228 e. The van der Waals surface area contributed by atoms with E-state index in [2.05, 4.69) is 443 Å². The number of benzene rings is 21. The van der Waals surface area contributed by atoms with E-state index in [1.807, 2.05) is 97.1 Å². The van der Waals surface area contributed by atoms with Crippen LogP contribution in [0.25, 0.3) is 168 Å². The molecule has 27 rings (SSSR count). The van der Waals surface area contributed by atoms with Crippen LogP contribution in [0.5, 0.6) is 0 Å². The molecule has 0 fully saturated rings. The van der Waals surface area contributed by atoms with E-state index in [0.29, 0.717) is 23.3 Å². The van der Waals surface area contributed by atoms with Crippen molar-refractivity contribution in [2.75, 3.05) is 0 Å². The Kier molecular flexibility index (Phi) is 21.5. The molecule has 3 atom stereocenters. The van der Waals surface area contributed by atoms with Gasteiger partial charge in [0.2, 0.25) is 0 Å². The molecule has 0 spiro atoms. The molecule has 3 unspecified atom stereocenters. The molecular formula is C134H89N7. The van der Waals surface area contributed by atoms with Gasteiger partial charge >= 0.3 is 0 Å². The number of fused-ring (bicyclic) bond motifs is 15. The Hall–Kier alpha value is -18.4. The van der Waals surface area contributed by atoms with Gasteiger partial charge in [0.15, 0.2) is 29.1 Å². The summed E-state index contributed by atoms with van der Waals surface area (Å²) in [5.41, 5.74) is 34.3. The molecular weight excluding hydrogens is 1710 g/mol. The van der Waals surface area contributed by atoms with E-state index in [4.69, 9.17) is 34.9 Å². The summed E-state index contributed by atoms with van der Waals surface area (Å²) in [6.07, 6.45) is 0. The highest BCUT2D eigenvalue weighted by molar-refractivity contribution is 6.04. The van der Waals surface area contributed by atoms with Crippen LogP contribution in [0.3, 0.4) is 0 Å². The van der Waals surface area contributed by atoms with Crippen LogP contribution in [-0.4, -0.2) is 34.9 Å². The molecule has 3 heterocycles. The molecule has 0 N–H and O–H groups in total. The van der Waals surface area contributed by atoms with Gasteiger partial charge in [0.25, 0.3) is 0 Å². The second kappa shape index (κ2) is 36.0. The monoisotopic (exact) mass is 1800 g/mol. The lowest BCUT2D eigenvalue weighted by Gasteiger charge is -2.34. The van der Waals surface area contributed by atoms with Gasteiger partial charge in [-0.25, -0.2) is 34.9 Å². The molecule has 0 saturated heterocycles. The van der Waals surface area contributed by atoms with Gasteiger partial charge in [0.05, 0.1) is 39.0 Å². The quantitative estimate of drug-likeness (QED) is 0.101. The Balaban J connectivity index is 0.000000111. The number of rotatable bonds is 15. The van der Waals surface area contributed by atoms with Gasteiger partial charge in [-0.2, -0.15) is 0 Å². The molecule has 0 amide bonds. The molecule has 7 heteroatoms. The second-order valence-corrected chi connectivity index (χ2v) is 36.3. The predicted octanol–water partition coefficient (Wildman–Crippen LogP) is 32.4. The first-order valence-corrected chi connectivity index (χ1v) is 48.1. The van der Waals surface area contributed by atoms with Crippen molar-refractivity contribution in [1.82, 2.24) is 34.9 Å². The normalized spacial score (nSPS) is 14.9. The van der Waals surface area contributed by atoms with Crippen molar-refractivity contribution in [3.63, 3.8) is 0 Å². The third-order valence-electron chi connectivity index (χ3n) is 28.6. The van der Waals surface area contributed by atoms with Gasteiger partial charge in [-0.3, -0.25) is 0 Å². The van der Waals surface area contributed by atoms with Gasteiger partial charge in [-0.1, -0.05) is 528 Å². The summed E-state index contributed by atoms with van der Waals surface area (Å²) in [5, 5.41) is 7.56. The lowest BCUT2D eigenvalue weighted by Crippen LogP contribution is -2.28. The number of hydrogen-bond donors (Lipinski definition) is 0. The molecule has 0 bridgehead atoms. The lowest BCUT2D eigenvalue weighted by molar-refractivity contribution is 0.775. The van der Waals surface area contributed by atoms with E-state index in [9.17, 15) is 0 Å². The van der Waals surface area contributed by atoms with Gasteiger partial charge in [-0.15, -0.1) is 0 Å². The van der Waals surface area contributed by atoms with E-state index >= 15 is 0 Å². The van der Waals surface area contributed by atoms with E-state index in [0.717, 1.165) is 78.7 Å². The average Bonchev–Trinajstić information content (AvgIpc) is 1.54. The molecule has 3 aliphatic rings. The summed E-state index contributed by atoms with van der Waals surface area (Å²) in [7, 11) is 0. The summed E-state index contributed by atoms with van der Waals surface area (Å²) in [6, 6.07) is 192. The first-order valence-electron chi connectivity index (χ1n) is 48.1. The molecule has 0 aliphatic heterocycles. The van der Waals surface area contributed by atoms with Crippen LogP contribution >= 0.6 is 0 Å². The van der Waals surface area contributed by atoms with Crippen LogP contribution < -0.4 is 0 Å². The average molecular weight is 1800 g/mol. The molecule has 0 saturated carbocycles. The van der Waals surface area contributed by atoms with Gasteiger partial charge < -0.3 is 0 Å². The topological polar surface area (TPSA) is 90.2 Å². The first-order chi connectivity index (χ1) is 69.9. The Morgan fingerprint density at radius 3 is 0.589 bits per heavy atom. The number of nitrogens with zero attached hydrogens (tertiary/aromatic N) is 7. The Labute approximate surface area is 819 Å². The summed E-state index contributed by atoms with van der Waals surface area (Å²) in [6.45, 7) is 0.